The molecular formula is C68H133NO10P+. The van der Waals surface area contributed by atoms with E-state index in [9.17, 15) is 19.0 Å². The number of quaternary nitrogens is 1. The molecule has 12 heteroatoms. The van der Waals surface area contributed by atoms with E-state index in [0.717, 1.165) is 103 Å². The maximum absolute atomic E-state index is 15.2. The van der Waals surface area contributed by atoms with Crippen molar-refractivity contribution in [3.8, 4) is 0 Å². The lowest BCUT2D eigenvalue weighted by Gasteiger charge is -2.37. The second kappa shape index (κ2) is 55.2. The Morgan fingerprint density at radius 3 is 0.900 bits per heavy atom. The van der Waals surface area contributed by atoms with Crippen LogP contribution in [0.4, 0.5) is 0 Å². The zero-order valence-electron chi connectivity index (χ0n) is 54.0. The molecule has 11 nitrogen and oxygen atoms in total. The highest BCUT2D eigenvalue weighted by Crippen LogP contribution is 2.44. The number of ether oxygens (including phenoxy) is 2. The molecule has 474 valence electrons. The summed E-state index contributed by atoms with van der Waals surface area (Å²) in [5.74, 6) is -2.65. The van der Waals surface area contributed by atoms with Gasteiger partial charge in [-0.05, 0) is 25.7 Å². The summed E-state index contributed by atoms with van der Waals surface area (Å²) in [5.41, 5.74) is -2.54. The Balaban J connectivity index is 6.61. The molecule has 0 aliphatic carbocycles. The van der Waals surface area contributed by atoms with Gasteiger partial charge in [0.25, 0.3) is 5.60 Å². The quantitative estimate of drug-likeness (QED) is 0.0206. The molecule has 0 aromatic heterocycles. The monoisotopic (exact) mass is 1150 g/mol. The van der Waals surface area contributed by atoms with Crippen LogP contribution in [0.5, 0.6) is 0 Å². The molecule has 0 aromatic carbocycles. The number of nitrogens with zero attached hydrogens (tertiary/aromatic N) is 1. The number of rotatable bonds is 64. The molecule has 0 amide bonds. The van der Waals surface area contributed by atoms with Gasteiger partial charge in [-0.3, -0.25) is 28.2 Å². The molecule has 80 heavy (non-hydrogen) atoms. The summed E-state index contributed by atoms with van der Waals surface area (Å²) >= 11 is 0. The van der Waals surface area contributed by atoms with Crippen LogP contribution >= 0.6 is 7.82 Å². The highest BCUT2D eigenvalue weighted by molar-refractivity contribution is 7.47. The molecule has 0 rings (SSSR count). The van der Waals surface area contributed by atoms with Gasteiger partial charge in [0.2, 0.25) is 0 Å². The highest BCUT2D eigenvalue weighted by atomic mass is 31.2. The van der Waals surface area contributed by atoms with E-state index in [1.54, 1.807) is 0 Å². The van der Waals surface area contributed by atoms with Gasteiger partial charge in [-0.15, -0.1) is 0 Å². The fraction of sp³-hybridized carbons (Fsp3) is 0.941. The third-order valence-electron chi connectivity index (χ3n) is 16.2. The molecule has 0 saturated heterocycles. The van der Waals surface area contributed by atoms with Crippen molar-refractivity contribution in [3.63, 3.8) is 0 Å². The molecule has 0 fully saturated rings. The van der Waals surface area contributed by atoms with Gasteiger partial charge in [0, 0.05) is 25.7 Å². The van der Waals surface area contributed by atoms with Crippen molar-refractivity contribution in [2.24, 2.45) is 0 Å². The Morgan fingerprint density at radius 1 is 0.375 bits per heavy atom. The van der Waals surface area contributed by atoms with Crippen LogP contribution in [0.3, 0.4) is 0 Å². The molecule has 0 bridgehead atoms. The van der Waals surface area contributed by atoms with E-state index in [1.165, 1.54) is 180 Å². The second-order valence-corrected chi connectivity index (χ2v) is 26.7. The van der Waals surface area contributed by atoms with E-state index < -0.39 is 49.6 Å². The third kappa shape index (κ3) is 47.7. The van der Waals surface area contributed by atoms with Gasteiger partial charge in [-0.25, -0.2) is 4.57 Å². The minimum absolute atomic E-state index is 0.00994. The number of hydrogen-bond acceptors (Lipinski definition) is 9. The first-order valence-electron chi connectivity index (χ1n) is 34.6. The van der Waals surface area contributed by atoms with Gasteiger partial charge in [-0.2, -0.15) is 0 Å². The molecule has 0 saturated carbocycles. The first-order chi connectivity index (χ1) is 38.7. The summed E-state index contributed by atoms with van der Waals surface area (Å²) in [7, 11) is 1.00. The zero-order chi connectivity index (χ0) is 59.1. The Hall–Kier alpha value is -1.65. The number of unbranched alkanes of at least 4 members (excludes halogenated alkanes) is 44. The smallest absolute Gasteiger partial charge is 0.455 e. The van der Waals surface area contributed by atoms with Crippen LogP contribution in [0.15, 0.2) is 0 Å². The molecule has 0 aliphatic rings. The fourth-order valence-corrected chi connectivity index (χ4v) is 11.6. The zero-order valence-corrected chi connectivity index (χ0v) is 54.9. The summed E-state index contributed by atoms with van der Waals surface area (Å²) in [6.07, 6.45) is 51.4. The number of carbonyl (C=O) groups excluding carboxylic acids is 4. The first kappa shape index (κ1) is 78.4. The SMILES string of the molecule is CCCCCCCCCCCCCCC(=O)O[C@@H](COP(=O)(O)OCC[N+](C)(C)C)C(OC(=O)CCCCCCCCCCCCCC)(C(=O)CCCCCCCCCCCCCC)C(=O)CCCCCCCCCCCCCC. The van der Waals surface area contributed by atoms with Gasteiger partial charge < -0.3 is 18.9 Å². The molecule has 2 atom stereocenters. The van der Waals surface area contributed by atoms with Crippen LogP contribution in [-0.2, 0) is 42.3 Å². The molecule has 1 N–H and O–H groups in total. The van der Waals surface area contributed by atoms with Crippen molar-refractivity contribution >= 4 is 31.3 Å². The molecular weight excluding hydrogens is 1020 g/mol. The van der Waals surface area contributed by atoms with Crippen LogP contribution < -0.4 is 0 Å². The van der Waals surface area contributed by atoms with E-state index in [0.29, 0.717) is 36.7 Å². The van der Waals surface area contributed by atoms with Crippen LogP contribution in [0.25, 0.3) is 0 Å². The second-order valence-electron chi connectivity index (χ2n) is 25.2. The normalized spacial score (nSPS) is 13.2. The third-order valence-corrected chi connectivity index (χ3v) is 17.2. The topological polar surface area (TPSA) is 142 Å². The first-order valence-corrected chi connectivity index (χ1v) is 36.1. The standard InChI is InChI=1S/C68H132NO10P/c1-8-12-16-20-24-28-32-36-40-44-48-52-56-63(70)68(64(71)57-53-49-45-41-37-33-29-25-21-17-13-9-2,79-67(73)59-55-51-47-43-39-35-31-27-23-19-15-11-4)65(62-77-80(74,75)76-61-60-69(5,6)7)78-66(72)58-54-50-46-42-38-34-30-26-22-18-14-10-3/h65H,8-62H2,1-7H3/p+1/t65-/m0/s1. The fourth-order valence-electron chi connectivity index (χ4n) is 10.9. The lowest BCUT2D eigenvalue weighted by Crippen LogP contribution is -2.61. The average Bonchev–Trinajstić information content (AvgIpc) is 3.45. The van der Waals surface area contributed by atoms with Crippen LogP contribution in [-0.4, -0.2) is 85.5 Å². The maximum Gasteiger partial charge on any atom is 0.472 e. The lowest BCUT2D eigenvalue weighted by molar-refractivity contribution is -0.870. The molecule has 0 heterocycles. The largest absolute Gasteiger partial charge is 0.472 e. The summed E-state index contributed by atoms with van der Waals surface area (Å²) in [6.45, 7) is 8.43. The van der Waals surface area contributed by atoms with Crippen molar-refractivity contribution < 1.29 is 51.6 Å². The van der Waals surface area contributed by atoms with Gasteiger partial charge in [0.05, 0.1) is 21.1 Å². The number of esters is 2. The molecule has 0 radical (unpaired) electrons. The highest BCUT2D eigenvalue weighted by Gasteiger charge is 2.57. The lowest BCUT2D eigenvalue weighted by atomic mass is 9.82. The van der Waals surface area contributed by atoms with Crippen molar-refractivity contribution in [1.29, 1.82) is 0 Å². The van der Waals surface area contributed by atoms with E-state index >= 15 is 9.59 Å². The Kier molecular flexibility index (Phi) is 54.1. The van der Waals surface area contributed by atoms with E-state index in [1.807, 2.05) is 21.1 Å². The summed E-state index contributed by atoms with van der Waals surface area (Å²) < 4.78 is 37.6. The number of hydrogen-bond donors (Lipinski definition) is 1. The van der Waals surface area contributed by atoms with Crippen molar-refractivity contribution in [1.82, 2.24) is 0 Å². The number of carbonyl (C=O) groups is 4. The van der Waals surface area contributed by atoms with E-state index in [2.05, 4.69) is 27.7 Å². The van der Waals surface area contributed by atoms with Gasteiger partial charge in [0.1, 0.15) is 19.8 Å². The van der Waals surface area contributed by atoms with Crippen LogP contribution in [0, 0.1) is 0 Å². The number of phosphoric ester groups is 1. The summed E-state index contributed by atoms with van der Waals surface area (Å²) in [4.78, 5) is 69.8. The van der Waals surface area contributed by atoms with Crippen molar-refractivity contribution in [2.45, 2.75) is 373 Å². The van der Waals surface area contributed by atoms with E-state index in [-0.39, 0.29) is 32.3 Å². The molecule has 0 aliphatic heterocycles. The van der Waals surface area contributed by atoms with Crippen molar-refractivity contribution in [3.05, 3.63) is 0 Å². The number of ketones is 2. The molecule has 0 spiro atoms. The minimum atomic E-state index is -4.80. The number of Topliss-reactive ketones (excluding diaryl/α,β-unsaturated/α-hetero) is 2. The Bertz CT molecular complexity index is 1440. The number of phosphoric acid groups is 1. The maximum atomic E-state index is 15.2. The Labute approximate surface area is 495 Å². The average molecular weight is 1160 g/mol. The summed E-state index contributed by atoms with van der Waals surface area (Å²) in [6, 6.07) is 0. The van der Waals surface area contributed by atoms with Gasteiger partial charge in [-0.1, -0.05) is 310 Å². The van der Waals surface area contributed by atoms with Gasteiger partial charge in [0.15, 0.2) is 17.7 Å². The number of likely N-dealkylation sites (N-methyl/N-ethyl adjacent to an activating group) is 1. The van der Waals surface area contributed by atoms with Crippen LogP contribution in [0.1, 0.15) is 362 Å². The predicted molar refractivity (Wildman–Crippen MR) is 336 cm³/mol. The Morgan fingerprint density at radius 2 is 0.625 bits per heavy atom. The van der Waals surface area contributed by atoms with Crippen molar-refractivity contribution in [2.75, 3.05) is 40.9 Å². The molecule has 1 unspecified atom stereocenters. The minimum Gasteiger partial charge on any atom is -0.455 e. The van der Waals surface area contributed by atoms with Gasteiger partial charge >= 0.3 is 19.8 Å². The van der Waals surface area contributed by atoms with Crippen LogP contribution in [0.2, 0.25) is 0 Å². The predicted octanol–water partition coefficient (Wildman–Crippen LogP) is 20.5. The molecule has 0 aromatic rings. The summed E-state index contributed by atoms with van der Waals surface area (Å²) in [5, 5.41) is 0. The van der Waals surface area contributed by atoms with E-state index in [4.69, 9.17) is 18.5 Å².